The largest absolute Gasteiger partial charge is 0.351 e. The van der Waals surface area contributed by atoms with Crippen LogP contribution < -0.4 is 5.32 Å². The number of likely N-dealkylation sites (tertiary alicyclic amines) is 1. The van der Waals surface area contributed by atoms with Crippen LogP contribution in [0.5, 0.6) is 0 Å². The Bertz CT molecular complexity index is 786. The Morgan fingerprint density at radius 2 is 2.08 bits per heavy atom. The molecule has 2 aliphatic heterocycles. The van der Waals surface area contributed by atoms with E-state index in [1.165, 1.54) is 0 Å². The summed E-state index contributed by atoms with van der Waals surface area (Å²) in [5, 5.41) is 3.17. The van der Waals surface area contributed by atoms with Crippen LogP contribution in [-0.4, -0.2) is 39.4 Å². The first-order valence-corrected chi connectivity index (χ1v) is 8.74. The van der Waals surface area contributed by atoms with Crippen LogP contribution in [0.2, 0.25) is 0 Å². The Balaban J connectivity index is 1.50. The van der Waals surface area contributed by atoms with Gasteiger partial charge in [0.2, 0.25) is 11.8 Å². The number of hydrogen-bond donors (Lipinski definition) is 1. The van der Waals surface area contributed by atoms with E-state index in [1.54, 1.807) is 18.1 Å². The van der Waals surface area contributed by atoms with Gasteiger partial charge in [-0.2, -0.15) is 0 Å². The molecule has 0 aliphatic carbocycles. The number of carbonyl (C=O) groups is 2. The summed E-state index contributed by atoms with van der Waals surface area (Å²) in [7, 11) is 1.78. The molecule has 0 unspecified atom stereocenters. The monoisotopic (exact) mass is 338 g/mol. The fourth-order valence-corrected chi connectivity index (χ4v) is 4.00. The number of aryl methyl sites for hydroxylation is 1. The Labute approximate surface area is 146 Å². The van der Waals surface area contributed by atoms with E-state index in [-0.39, 0.29) is 36.2 Å². The molecule has 3 atom stereocenters. The minimum absolute atomic E-state index is 0.0227. The molecule has 1 aromatic carbocycles. The third-order valence-electron chi connectivity index (χ3n) is 5.35. The lowest BCUT2D eigenvalue weighted by atomic mass is 9.92. The normalized spacial score (nSPS) is 25.7. The molecule has 1 saturated heterocycles. The van der Waals surface area contributed by atoms with E-state index in [9.17, 15) is 9.59 Å². The van der Waals surface area contributed by atoms with Crippen molar-refractivity contribution in [2.75, 3.05) is 7.05 Å². The van der Waals surface area contributed by atoms with Gasteiger partial charge in [0.15, 0.2) is 0 Å². The molecule has 130 valence electrons. The summed E-state index contributed by atoms with van der Waals surface area (Å²) in [6.07, 6.45) is 5.77. The lowest BCUT2D eigenvalue weighted by Gasteiger charge is -2.28. The van der Waals surface area contributed by atoms with Gasteiger partial charge in [0.25, 0.3) is 0 Å². The molecule has 1 aromatic heterocycles. The molecule has 3 heterocycles. The minimum Gasteiger partial charge on any atom is -0.351 e. The van der Waals surface area contributed by atoms with Crippen molar-refractivity contribution in [3.8, 4) is 0 Å². The second kappa shape index (κ2) is 6.35. The van der Waals surface area contributed by atoms with Crippen molar-refractivity contribution < 1.29 is 9.59 Å². The molecule has 1 fully saturated rings. The maximum Gasteiger partial charge on any atom is 0.226 e. The van der Waals surface area contributed by atoms with Crippen molar-refractivity contribution in [1.29, 1.82) is 0 Å². The number of aromatic nitrogens is 2. The molecule has 4 rings (SSSR count). The van der Waals surface area contributed by atoms with Gasteiger partial charge in [0.05, 0.1) is 12.0 Å². The molecule has 0 spiro atoms. The molecule has 2 amide bonds. The van der Waals surface area contributed by atoms with E-state index in [2.05, 4.69) is 14.9 Å². The van der Waals surface area contributed by atoms with E-state index >= 15 is 0 Å². The number of amides is 2. The van der Waals surface area contributed by atoms with E-state index in [4.69, 9.17) is 0 Å². The van der Waals surface area contributed by atoms with Crippen molar-refractivity contribution in [2.45, 2.75) is 37.9 Å². The van der Waals surface area contributed by atoms with Crippen LogP contribution in [0.1, 0.15) is 30.3 Å². The van der Waals surface area contributed by atoms with Gasteiger partial charge in [-0.15, -0.1) is 0 Å². The summed E-state index contributed by atoms with van der Waals surface area (Å²) in [5.74, 6) is 0.724. The first-order chi connectivity index (χ1) is 12.1. The predicted octanol–water partition coefficient (Wildman–Crippen LogP) is 1.53. The average Bonchev–Trinajstić information content (AvgIpc) is 3.20. The number of benzene rings is 1. The Morgan fingerprint density at radius 3 is 2.88 bits per heavy atom. The van der Waals surface area contributed by atoms with Crippen LogP contribution in [0.25, 0.3) is 0 Å². The quantitative estimate of drug-likeness (QED) is 0.923. The van der Waals surface area contributed by atoms with Crippen LogP contribution in [0, 0.1) is 5.92 Å². The number of nitrogens with zero attached hydrogens (tertiary/aromatic N) is 3. The van der Waals surface area contributed by atoms with Gasteiger partial charge >= 0.3 is 0 Å². The van der Waals surface area contributed by atoms with Crippen LogP contribution in [0.15, 0.2) is 42.7 Å². The smallest absolute Gasteiger partial charge is 0.226 e. The molecule has 0 radical (unpaired) electrons. The Morgan fingerprint density at radius 1 is 1.28 bits per heavy atom. The van der Waals surface area contributed by atoms with Gasteiger partial charge in [-0.1, -0.05) is 30.3 Å². The van der Waals surface area contributed by atoms with E-state index in [0.717, 1.165) is 30.8 Å². The molecule has 0 saturated carbocycles. The second-order valence-electron chi connectivity index (χ2n) is 6.91. The first kappa shape index (κ1) is 15.9. The fraction of sp³-hybridized carbons (Fsp3) is 0.421. The molecule has 25 heavy (non-hydrogen) atoms. The minimum atomic E-state index is -0.343. The highest BCUT2D eigenvalue weighted by Crippen LogP contribution is 2.37. The lowest BCUT2D eigenvalue weighted by Crippen LogP contribution is -2.44. The maximum absolute atomic E-state index is 12.9. The summed E-state index contributed by atoms with van der Waals surface area (Å²) >= 11 is 0. The molecule has 0 bridgehead atoms. The SMILES string of the molecule is CN1C(=O)C[C@H](C(=O)N[C@H]2CCc3nccn3C2)[C@@H]1c1ccccc1. The Hall–Kier alpha value is -2.63. The van der Waals surface area contributed by atoms with Crippen molar-refractivity contribution in [3.63, 3.8) is 0 Å². The number of hydrogen-bond acceptors (Lipinski definition) is 3. The highest BCUT2D eigenvalue weighted by Gasteiger charge is 2.43. The molecular formula is C19H22N4O2. The lowest BCUT2D eigenvalue weighted by molar-refractivity contribution is -0.128. The number of imidazole rings is 1. The molecular weight excluding hydrogens is 316 g/mol. The molecule has 2 aromatic rings. The molecule has 6 nitrogen and oxygen atoms in total. The average molecular weight is 338 g/mol. The third kappa shape index (κ3) is 2.92. The highest BCUT2D eigenvalue weighted by molar-refractivity contribution is 5.90. The van der Waals surface area contributed by atoms with Crippen LogP contribution in [0.3, 0.4) is 0 Å². The van der Waals surface area contributed by atoms with Crippen LogP contribution in [-0.2, 0) is 22.6 Å². The van der Waals surface area contributed by atoms with E-state index < -0.39 is 0 Å². The van der Waals surface area contributed by atoms with Gasteiger partial charge in [0.1, 0.15) is 5.82 Å². The third-order valence-corrected chi connectivity index (χ3v) is 5.35. The zero-order valence-electron chi connectivity index (χ0n) is 14.3. The Kier molecular flexibility index (Phi) is 4.03. The van der Waals surface area contributed by atoms with Crippen LogP contribution in [0.4, 0.5) is 0 Å². The number of carbonyl (C=O) groups excluding carboxylic acids is 2. The zero-order valence-corrected chi connectivity index (χ0v) is 14.3. The fourth-order valence-electron chi connectivity index (χ4n) is 4.00. The summed E-state index contributed by atoms with van der Waals surface area (Å²) in [6, 6.07) is 9.70. The first-order valence-electron chi connectivity index (χ1n) is 8.74. The number of rotatable bonds is 3. The van der Waals surface area contributed by atoms with Gasteiger partial charge < -0.3 is 14.8 Å². The summed E-state index contributed by atoms with van der Waals surface area (Å²) in [6.45, 7) is 0.744. The summed E-state index contributed by atoms with van der Waals surface area (Å²) in [5.41, 5.74) is 1.01. The van der Waals surface area contributed by atoms with Gasteiger partial charge in [-0.3, -0.25) is 9.59 Å². The zero-order chi connectivity index (χ0) is 17.4. The van der Waals surface area contributed by atoms with E-state index in [0.29, 0.717) is 0 Å². The second-order valence-corrected chi connectivity index (χ2v) is 6.91. The van der Waals surface area contributed by atoms with Crippen molar-refractivity contribution in [1.82, 2.24) is 19.8 Å². The number of nitrogens with one attached hydrogen (secondary N) is 1. The topological polar surface area (TPSA) is 67.2 Å². The summed E-state index contributed by atoms with van der Waals surface area (Å²) in [4.78, 5) is 31.2. The molecule has 2 aliphatic rings. The predicted molar refractivity (Wildman–Crippen MR) is 92.5 cm³/mol. The van der Waals surface area contributed by atoms with Gasteiger partial charge in [-0.25, -0.2) is 4.98 Å². The molecule has 6 heteroatoms. The van der Waals surface area contributed by atoms with E-state index in [1.807, 2.05) is 36.5 Å². The highest BCUT2D eigenvalue weighted by atomic mass is 16.2. The van der Waals surface area contributed by atoms with Crippen molar-refractivity contribution in [2.24, 2.45) is 5.92 Å². The number of fused-ring (bicyclic) bond motifs is 1. The van der Waals surface area contributed by atoms with Gasteiger partial charge in [-0.05, 0) is 12.0 Å². The standard InChI is InChI=1S/C19H22N4O2/c1-22-17(24)11-15(18(22)13-5-3-2-4-6-13)19(25)21-14-7-8-16-20-9-10-23(16)12-14/h2-6,9-10,14-15,18H,7-8,11-12H2,1H3,(H,21,25)/t14-,15-,18-/m0/s1. The van der Waals surface area contributed by atoms with Gasteiger partial charge in [0, 0.05) is 44.9 Å². The van der Waals surface area contributed by atoms with Crippen molar-refractivity contribution >= 4 is 11.8 Å². The van der Waals surface area contributed by atoms with Crippen LogP contribution >= 0.6 is 0 Å². The summed E-state index contributed by atoms with van der Waals surface area (Å²) < 4.78 is 2.09. The maximum atomic E-state index is 12.9. The van der Waals surface area contributed by atoms with Crippen molar-refractivity contribution in [3.05, 3.63) is 54.1 Å². The molecule has 1 N–H and O–H groups in total.